The number of amides is 4. The van der Waals surface area contributed by atoms with Crippen molar-refractivity contribution in [1.82, 2.24) is 30.1 Å². The van der Waals surface area contributed by atoms with Crippen molar-refractivity contribution in [3.8, 4) is 0 Å². The van der Waals surface area contributed by atoms with Gasteiger partial charge >= 0.3 is 12.1 Å². The molecule has 0 saturated heterocycles. The van der Waals surface area contributed by atoms with E-state index >= 15 is 0 Å². The predicted molar refractivity (Wildman–Crippen MR) is 148 cm³/mol. The van der Waals surface area contributed by atoms with Crippen LogP contribution in [0.15, 0.2) is 30.7 Å². The highest BCUT2D eigenvalue weighted by Crippen LogP contribution is 2.31. The summed E-state index contributed by atoms with van der Waals surface area (Å²) in [6.07, 6.45) is 5.65. The van der Waals surface area contributed by atoms with Crippen LogP contribution in [0.4, 0.5) is 16.3 Å². The van der Waals surface area contributed by atoms with Crippen molar-refractivity contribution >= 4 is 47.3 Å². The fourth-order valence-electron chi connectivity index (χ4n) is 4.36. The molecular weight excluding hydrogens is 546 g/mol. The number of hydrogen-bond acceptors (Lipinski definition) is 10. The molecule has 0 radical (unpaired) electrons. The van der Waals surface area contributed by atoms with E-state index in [1.807, 2.05) is 13.8 Å². The number of ether oxygens (including phenoxy) is 2. The van der Waals surface area contributed by atoms with Crippen LogP contribution >= 0.6 is 0 Å². The SMILES string of the molecule is Cc1ccc(C(=O)N(C(=O)OCOC(=O)C(C)NC=O)C2CC2)cc1Nc1ncnn2cc(C(=O)NC3CC3)c(C)c12. The topological polar surface area (TPSA) is 173 Å². The van der Waals surface area contributed by atoms with Gasteiger partial charge in [-0.2, -0.15) is 5.10 Å². The van der Waals surface area contributed by atoms with Crippen molar-refractivity contribution in [2.24, 2.45) is 0 Å². The van der Waals surface area contributed by atoms with E-state index in [1.54, 1.807) is 28.9 Å². The van der Waals surface area contributed by atoms with Crippen molar-refractivity contribution in [3.05, 3.63) is 53.0 Å². The average Bonchev–Trinajstić information content (AvgIpc) is 3.90. The summed E-state index contributed by atoms with van der Waals surface area (Å²) in [5.41, 5.74) is 3.44. The van der Waals surface area contributed by atoms with Crippen molar-refractivity contribution in [1.29, 1.82) is 0 Å². The second-order valence-electron chi connectivity index (χ2n) is 10.4. The van der Waals surface area contributed by atoms with Gasteiger partial charge in [0.2, 0.25) is 13.2 Å². The maximum Gasteiger partial charge on any atom is 0.419 e. The van der Waals surface area contributed by atoms with E-state index in [4.69, 9.17) is 9.47 Å². The molecule has 1 aromatic carbocycles. The van der Waals surface area contributed by atoms with Crippen LogP contribution in [-0.2, 0) is 19.1 Å². The molecule has 5 rings (SSSR count). The molecule has 0 spiro atoms. The quantitative estimate of drug-likeness (QED) is 0.174. The van der Waals surface area contributed by atoms with Crippen molar-refractivity contribution < 1.29 is 33.4 Å². The number of hydrogen-bond donors (Lipinski definition) is 3. The van der Waals surface area contributed by atoms with Gasteiger partial charge in [-0.25, -0.2) is 24.0 Å². The molecule has 0 bridgehead atoms. The first-order valence-electron chi connectivity index (χ1n) is 13.6. The number of aryl methyl sites for hydroxylation is 2. The molecule has 42 heavy (non-hydrogen) atoms. The van der Waals surface area contributed by atoms with E-state index in [0.717, 1.165) is 23.3 Å². The Kier molecular flexibility index (Phi) is 8.04. The first-order chi connectivity index (χ1) is 20.2. The third-order valence-electron chi connectivity index (χ3n) is 7.10. The summed E-state index contributed by atoms with van der Waals surface area (Å²) in [5.74, 6) is -1.08. The van der Waals surface area contributed by atoms with Crippen molar-refractivity contribution in [3.63, 3.8) is 0 Å². The molecule has 3 aromatic rings. The second kappa shape index (κ2) is 11.8. The summed E-state index contributed by atoms with van der Waals surface area (Å²) in [4.78, 5) is 66.8. The molecule has 2 saturated carbocycles. The van der Waals surface area contributed by atoms with Crippen LogP contribution in [-0.4, -0.2) is 74.7 Å². The number of imide groups is 1. The maximum atomic E-state index is 13.5. The number of fused-ring (bicyclic) bond motifs is 1. The van der Waals surface area contributed by atoms with Crippen LogP contribution in [0.3, 0.4) is 0 Å². The summed E-state index contributed by atoms with van der Waals surface area (Å²) in [6, 6.07) is 3.93. The molecule has 2 aliphatic rings. The van der Waals surface area contributed by atoms with Crippen LogP contribution in [0.2, 0.25) is 0 Å². The highest BCUT2D eigenvalue weighted by Gasteiger charge is 2.39. The fraction of sp³-hybridized carbons (Fsp3) is 0.393. The highest BCUT2D eigenvalue weighted by atomic mass is 16.7. The number of rotatable bonds is 11. The van der Waals surface area contributed by atoms with E-state index in [2.05, 4.69) is 26.0 Å². The molecule has 2 aliphatic carbocycles. The van der Waals surface area contributed by atoms with Gasteiger partial charge < -0.3 is 25.4 Å². The Morgan fingerprint density at radius 3 is 2.60 bits per heavy atom. The Labute approximate surface area is 240 Å². The largest absolute Gasteiger partial charge is 0.426 e. The summed E-state index contributed by atoms with van der Waals surface area (Å²) < 4.78 is 11.5. The van der Waals surface area contributed by atoms with E-state index in [-0.39, 0.29) is 23.6 Å². The summed E-state index contributed by atoms with van der Waals surface area (Å²) >= 11 is 0. The molecule has 2 heterocycles. The fourth-order valence-corrected chi connectivity index (χ4v) is 4.36. The molecular formula is C28H31N7O7. The number of nitrogens with zero attached hydrogens (tertiary/aromatic N) is 4. The third kappa shape index (κ3) is 6.16. The minimum Gasteiger partial charge on any atom is -0.426 e. The lowest BCUT2D eigenvalue weighted by molar-refractivity contribution is -0.154. The number of carbonyl (C=O) groups is 5. The number of esters is 1. The Balaban J connectivity index is 1.33. The number of benzene rings is 1. The van der Waals surface area contributed by atoms with Crippen molar-refractivity contribution in [2.45, 2.75) is 64.6 Å². The number of carbonyl (C=O) groups excluding carboxylic acids is 5. The Bertz CT molecular complexity index is 1560. The van der Waals surface area contributed by atoms with Crippen LogP contribution in [0, 0.1) is 13.8 Å². The summed E-state index contributed by atoms with van der Waals surface area (Å²) in [7, 11) is 0. The molecule has 2 fully saturated rings. The van der Waals surface area contributed by atoms with Gasteiger partial charge in [-0.1, -0.05) is 6.07 Å². The Hall–Kier alpha value is -5.01. The van der Waals surface area contributed by atoms with Gasteiger partial charge in [0.15, 0.2) is 5.82 Å². The minimum absolute atomic E-state index is 0.163. The standard InChI is InChI=1S/C28H31N7O7/c1-15-4-5-18(26(38)35(20-8-9-20)28(40)42-14-41-27(39)17(3)30-13-36)10-22(15)33-24-23-16(2)21(11-34(23)31-12-29-24)25(37)32-19-6-7-19/h4-5,10-13,17,19-20H,6-9,14H2,1-3H3,(H,30,36)(H,32,37)(H,29,31,33). The van der Waals surface area contributed by atoms with Crippen LogP contribution < -0.4 is 16.0 Å². The van der Waals surface area contributed by atoms with Gasteiger partial charge in [0.1, 0.15) is 17.9 Å². The normalized spacial score (nSPS) is 14.9. The molecule has 220 valence electrons. The van der Waals surface area contributed by atoms with Gasteiger partial charge in [-0.15, -0.1) is 0 Å². The third-order valence-corrected chi connectivity index (χ3v) is 7.10. The van der Waals surface area contributed by atoms with E-state index in [9.17, 15) is 24.0 Å². The average molecular weight is 578 g/mol. The lowest BCUT2D eigenvalue weighted by atomic mass is 10.1. The molecule has 3 N–H and O–H groups in total. The number of nitrogens with one attached hydrogen (secondary N) is 3. The maximum absolute atomic E-state index is 13.5. The molecule has 2 aromatic heterocycles. The van der Waals surface area contributed by atoms with Crippen LogP contribution in [0.25, 0.3) is 5.52 Å². The van der Waals surface area contributed by atoms with Gasteiger partial charge in [-0.3, -0.25) is 14.4 Å². The predicted octanol–water partition coefficient (Wildman–Crippen LogP) is 2.36. The zero-order valence-electron chi connectivity index (χ0n) is 23.4. The van der Waals surface area contributed by atoms with E-state index in [1.165, 1.54) is 13.3 Å². The Morgan fingerprint density at radius 1 is 1.14 bits per heavy atom. The molecule has 0 aliphatic heterocycles. The summed E-state index contributed by atoms with van der Waals surface area (Å²) in [6.45, 7) is 4.39. The van der Waals surface area contributed by atoms with E-state index < -0.39 is 30.8 Å². The van der Waals surface area contributed by atoms with Crippen LogP contribution in [0.1, 0.15) is 64.4 Å². The number of aromatic nitrogens is 3. The zero-order chi connectivity index (χ0) is 30.0. The molecule has 1 unspecified atom stereocenters. The zero-order valence-corrected chi connectivity index (χ0v) is 23.4. The van der Waals surface area contributed by atoms with Gasteiger partial charge in [0.05, 0.1) is 5.56 Å². The highest BCUT2D eigenvalue weighted by molar-refractivity contribution is 6.04. The first-order valence-corrected chi connectivity index (χ1v) is 13.6. The van der Waals surface area contributed by atoms with Crippen molar-refractivity contribution in [2.75, 3.05) is 12.1 Å². The lowest BCUT2D eigenvalue weighted by Gasteiger charge is -2.21. The van der Waals surface area contributed by atoms with Gasteiger partial charge in [0.25, 0.3) is 11.8 Å². The molecule has 14 heteroatoms. The van der Waals surface area contributed by atoms with Gasteiger partial charge in [0, 0.05) is 29.5 Å². The monoisotopic (exact) mass is 577 g/mol. The molecule has 14 nitrogen and oxygen atoms in total. The molecule has 4 amide bonds. The Morgan fingerprint density at radius 2 is 1.90 bits per heavy atom. The lowest BCUT2D eigenvalue weighted by Crippen LogP contribution is -2.40. The van der Waals surface area contributed by atoms with E-state index in [0.29, 0.717) is 47.4 Å². The number of anilines is 2. The minimum atomic E-state index is -0.945. The summed E-state index contributed by atoms with van der Waals surface area (Å²) in [5, 5.41) is 12.7. The van der Waals surface area contributed by atoms with Gasteiger partial charge in [-0.05, 0) is 69.7 Å². The second-order valence-corrected chi connectivity index (χ2v) is 10.4. The van der Waals surface area contributed by atoms with Crippen LogP contribution in [0.5, 0.6) is 0 Å². The first kappa shape index (κ1) is 28.5. The smallest absolute Gasteiger partial charge is 0.419 e. The molecule has 1 atom stereocenters.